The maximum Gasteiger partial charge on any atom is 0.259 e. The van der Waals surface area contributed by atoms with E-state index in [1.807, 2.05) is 48.5 Å². The molecule has 0 bridgehead atoms. The molecule has 5 heteroatoms. The van der Waals surface area contributed by atoms with Crippen LogP contribution in [0.15, 0.2) is 60.0 Å². The summed E-state index contributed by atoms with van der Waals surface area (Å²) in [5.74, 6) is 1.20. The van der Waals surface area contributed by atoms with Gasteiger partial charge in [-0.15, -0.1) is 0 Å². The summed E-state index contributed by atoms with van der Waals surface area (Å²) in [5.41, 5.74) is 1.70. The summed E-state index contributed by atoms with van der Waals surface area (Å²) in [6.45, 7) is 0. The average molecular weight is 279 g/mol. The summed E-state index contributed by atoms with van der Waals surface area (Å²) < 4.78 is 5.15. The number of ether oxygens (including phenoxy) is 1. The Morgan fingerprint density at radius 3 is 2.86 bits per heavy atom. The van der Waals surface area contributed by atoms with E-state index in [4.69, 9.17) is 9.57 Å². The van der Waals surface area contributed by atoms with Crippen molar-refractivity contribution in [3.8, 4) is 11.6 Å². The quantitative estimate of drug-likeness (QED) is 0.544. The van der Waals surface area contributed by atoms with Crippen LogP contribution in [0.1, 0.15) is 5.56 Å². The number of methoxy groups -OCH3 is 1. The number of hydrogen-bond donors (Lipinski definition) is 0. The molecule has 0 amide bonds. The minimum absolute atomic E-state index is 0.430. The third-order valence-corrected chi connectivity index (χ3v) is 2.94. The highest BCUT2D eigenvalue weighted by Gasteiger charge is 2.03. The van der Waals surface area contributed by atoms with Crippen molar-refractivity contribution in [3.63, 3.8) is 0 Å². The highest BCUT2D eigenvalue weighted by Crippen LogP contribution is 2.20. The van der Waals surface area contributed by atoms with Gasteiger partial charge in [0, 0.05) is 0 Å². The van der Waals surface area contributed by atoms with Crippen LogP contribution in [0.5, 0.6) is 11.6 Å². The van der Waals surface area contributed by atoms with Crippen molar-refractivity contribution in [1.29, 1.82) is 0 Å². The van der Waals surface area contributed by atoms with Crippen LogP contribution in [0, 0.1) is 0 Å². The number of para-hydroxylation sites is 1. The Morgan fingerprint density at radius 2 is 1.95 bits per heavy atom. The van der Waals surface area contributed by atoms with Gasteiger partial charge in [0.2, 0.25) is 0 Å². The van der Waals surface area contributed by atoms with E-state index in [9.17, 15) is 0 Å². The van der Waals surface area contributed by atoms with Crippen LogP contribution >= 0.6 is 0 Å². The molecule has 0 saturated heterocycles. The van der Waals surface area contributed by atoms with Gasteiger partial charge in [-0.1, -0.05) is 29.4 Å². The minimum atomic E-state index is 0.430. The van der Waals surface area contributed by atoms with E-state index < -0.39 is 0 Å². The molecule has 0 aliphatic heterocycles. The Bertz CT molecular complexity index is 782. The fourth-order valence-electron chi connectivity index (χ4n) is 1.91. The van der Waals surface area contributed by atoms with Gasteiger partial charge in [0.15, 0.2) is 0 Å². The molecule has 2 aromatic carbocycles. The summed E-state index contributed by atoms with van der Waals surface area (Å²) >= 11 is 0. The number of nitrogens with zero attached hydrogens (tertiary/aromatic N) is 3. The number of benzene rings is 2. The highest BCUT2D eigenvalue weighted by atomic mass is 16.6. The third kappa shape index (κ3) is 2.97. The van der Waals surface area contributed by atoms with Crippen LogP contribution in [0.25, 0.3) is 10.9 Å². The van der Waals surface area contributed by atoms with Crippen LogP contribution < -0.4 is 9.57 Å². The Morgan fingerprint density at radius 1 is 1.05 bits per heavy atom. The van der Waals surface area contributed by atoms with Gasteiger partial charge in [-0.25, -0.2) is 4.98 Å². The Labute approximate surface area is 121 Å². The second kappa shape index (κ2) is 6.00. The van der Waals surface area contributed by atoms with E-state index in [0.29, 0.717) is 5.88 Å². The van der Waals surface area contributed by atoms with Crippen LogP contribution in [0.2, 0.25) is 0 Å². The first-order valence-corrected chi connectivity index (χ1v) is 6.41. The lowest BCUT2D eigenvalue weighted by Crippen LogP contribution is -1.92. The van der Waals surface area contributed by atoms with Crippen molar-refractivity contribution in [1.82, 2.24) is 9.97 Å². The van der Waals surface area contributed by atoms with Crippen LogP contribution in [-0.2, 0) is 0 Å². The molecule has 5 nitrogen and oxygen atoms in total. The maximum absolute atomic E-state index is 5.37. The van der Waals surface area contributed by atoms with E-state index in [1.54, 1.807) is 13.3 Å². The van der Waals surface area contributed by atoms with Gasteiger partial charge in [0.05, 0.1) is 24.2 Å². The second-order valence-corrected chi connectivity index (χ2v) is 4.30. The van der Waals surface area contributed by atoms with Crippen molar-refractivity contribution in [3.05, 3.63) is 60.4 Å². The standard InChI is InChI=1S/C16H13N3O2/c1-20-13-6-4-5-12(9-13)10-19-21-16-14-7-2-3-8-15(14)17-11-18-16/h2-11H,1H3. The van der Waals surface area contributed by atoms with Gasteiger partial charge in [0.1, 0.15) is 12.1 Å². The molecule has 0 aliphatic rings. The Kier molecular flexibility index (Phi) is 3.73. The van der Waals surface area contributed by atoms with E-state index in [1.165, 1.54) is 6.33 Å². The molecule has 3 rings (SSSR count). The number of hydrogen-bond acceptors (Lipinski definition) is 5. The predicted molar refractivity (Wildman–Crippen MR) is 80.8 cm³/mol. The molecule has 0 N–H and O–H groups in total. The Hall–Kier alpha value is -2.95. The third-order valence-electron chi connectivity index (χ3n) is 2.94. The molecule has 0 saturated carbocycles. The molecule has 1 aromatic heterocycles. The van der Waals surface area contributed by atoms with E-state index in [-0.39, 0.29) is 0 Å². The van der Waals surface area contributed by atoms with Gasteiger partial charge < -0.3 is 9.57 Å². The number of oxime groups is 1. The summed E-state index contributed by atoms with van der Waals surface area (Å²) in [6, 6.07) is 15.2. The zero-order valence-electron chi connectivity index (χ0n) is 11.4. The van der Waals surface area contributed by atoms with E-state index >= 15 is 0 Å². The number of rotatable bonds is 4. The largest absolute Gasteiger partial charge is 0.497 e. The molecular weight excluding hydrogens is 266 g/mol. The van der Waals surface area contributed by atoms with Crippen molar-refractivity contribution in [2.75, 3.05) is 7.11 Å². The van der Waals surface area contributed by atoms with Crippen molar-refractivity contribution >= 4 is 17.1 Å². The molecular formula is C16H13N3O2. The molecule has 1 heterocycles. The van der Waals surface area contributed by atoms with Crippen molar-refractivity contribution < 1.29 is 9.57 Å². The predicted octanol–water partition coefficient (Wildman–Crippen LogP) is 3.05. The summed E-state index contributed by atoms with van der Waals surface area (Å²) in [4.78, 5) is 13.6. The summed E-state index contributed by atoms with van der Waals surface area (Å²) in [5, 5.41) is 4.79. The molecule has 0 radical (unpaired) electrons. The zero-order chi connectivity index (χ0) is 14.5. The molecule has 0 aliphatic carbocycles. The lowest BCUT2D eigenvalue weighted by Gasteiger charge is -2.02. The monoisotopic (exact) mass is 279 g/mol. The second-order valence-electron chi connectivity index (χ2n) is 4.30. The molecule has 104 valence electrons. The fourth-order valence-corrected chi connectivity index (χ4v) is 1.91. The van der Waals surface area contributed by atoms with Gasteiger partial charge in [0.25, 0.3) is 5.88 Å². The van der Waals surface area contributed by atoms with Gasteiger partial charge in [-0.2, -0.15) is 4.98 Å². The SMILES string of the molecule is COc1cccc(C=NOc2ncnc3ccccc23)c1. The topological polar surface area (TPSA) is 56.6 Å². The van der Waals surface area contributed by atoms with Crippen LogP contribution in [-0.4, -0.2) is 23.3 Å². The summed E-state index contributed by atoms with van der Waals surface area (Å²) in [7, 11) is 1.62. The van der Waals surface area contributed by atoms with E-state index in [2.05, 4.69) is 15.1 Å². The molecule has 21 heavy (non-hydrogen) atoms. The molecule has 0 fully saturated rings. The van der Waals surface area contributed by atoms with Crippen LogP contribution in [0.3, 0.4) is 0 Å². The van der Waals surface area contributed by atoms with Crippen LogP contribution in [0.4, 0.5) is 0 Å². The zero-order valence-corrected chi connectivity index (χ0v) is 11.4. The first kappa shape index (κ1) is 13.1. The highest BCUT2D eigenvalue weighted by molar-refractivity contribution is 5.83. The first-order chi connectivity index (χ1) is 10.4. The maximum atomic E-state index is 5.37. The molecule has 3 aromatic rings. The van der Waals surface area contributed by atoms with Gasteiger partial charge in [-0.05, 0) is 29.8 Å². The normalized spacial score (nSPS) is 10.9. The van der Waals surface area contributed by atoms with Crippen molar-refractivity contribution in [2.45, 2.75) is 0 Å². The molecule has 0 spiro atoms. The number of fused-ring (bicyclic) bond motifs is 1. The fraction of sp³-hybridized carbons (Fsp3) is 0.0625. The molecule has 0 atom stereocenters. The Balaban J connectivity index is 1.81. The smallest absolute Gasteiger partial charge is 0.259 e. The lowest BCUT2D eigenvalue weighted by molar-refractivity contribution is 0.334. The van der Waals surface area contributed by atoms with Crippen molar-refractivity contribution in [2.24, 2.45) is 5.16 Å². The summed E-state index contributed by atoms with van der Waals surface area (Å²) in [6.07, 6.45) is 3.07. The average Bonchev–Trinajstić information content (AvgIpc) is 2.55. The van der Waals surface area contributed by atoms with Gasteiger partial charge >= 0.3 is 0 Å². The minimum Gasteiger partial charge on any atom is -0.497 e. The lowest BCUT2D eigenvalue weighted by atomic mass is 10.2. The number of aromatic nitrogens is 2. The first-order valence-electron chi connectivity index (χ1n) is 6.41. The van der Waals surface area contributed by atoms with Gasteiger partial charge in [-0.3, -0.25) is 0 Å². The van der Waals surface area contributed by atoms with E-state index in [0.717, 1.165) is 22.2 Å². The molecule has 0 unspecified atom stereocenters.